The zero-order valence-electron chi connectivity index (χ0n) is 21.0. The highest BCUT2D eigenvalue weighted by Gasteiger charge is 2.37. The van der Waals surface area contributed by atoms with Crippen LogP contribution in [0.3, 0.4) is 0 Å². The molecule has 0 amide bonds. The third kappa shape index (κ3) is 4.94. The number of benzene rings is 4. The molecule has 0 saturated heterocycles. The number of fused-ring (bicyclic) bond motifs is 1. The van der Waals surface area contributed by atoms with Gasteiger partial charge in [-0.25, -0.2) is 0 Å². The molecule has 6 rings (SSSR count). The minimum absolute atomic E-state index is 0.257. The zero-order valence-corrected chi connectivity index (χ0v) is 21.0. The van der Waals surface area contributed by atoms with E-state index in [1.165, 1.54) is 5.56 Å². The molecule has 1 aliphatic rings. The maximum Gasteiger partial charge on any atom is 0.231 e. The molecule has 0 fully saturated rings. The van der Waals surface area contributed by atoms with Crippen LogP contribution in [0.2, 0.25) is 0 Å². The summed E-state index contributed by atoms with van der Waals surface area (Å²) in [5, 5.41) is 12.1. The third-order valence-electron chi connectivity index (χ3n) is 6.87. The monoisotopic (exact) mass is 503 g/mol. The molecule has 190 valence electrons. The molecule has 0 aliphatic carbocycles. The number of nitrogens with zero attached hydrogens (tertiary/aromatic N) is 1. The van der Waals surface area contributed by atoms with Gasteiger partial charge >= 0.3 is 0 Å². The Kier molecular flexibility index (Phi) is 6.69. The van der Waals surface area contributed by atoms with Crippen molar-refractivity contribution in [3.05, 3.63) is 155 Å². The lowest BCUT2D eigenvalue weighted by atomic mass is 9.84. The summed E-state index contributed by atoms with van der Waals surface area (Å²) in [6.07, 6.45) is 0. The van der Waals surface area contributed by atoms with Crippen molar-refractivity contribution in [1.29, 1.82) is 0 Å². The molecule has 0 radical (unpaired) electrons. The van der Waals surface area contributed by atoms with Crippen LogP contribution >= 0.6 is 0 Å². The number of aliphatic hydroxyl groups is 1. The van der Waals surface area contributed by atoms with Gasteiger partial charge in [0.05, 0.1) is 6.54 Å². The SMILES string of the molecule is OC(c1ccccc1)(c1ccccc1)c1ccc(CN(Cc2ccccc2)Cc2ccc3c(c2)OCO3)o1. The highest BCUT2D eigenvalue weighted by Crippen LogP contribution is 2.38. The van der Waals surface area contributed by atoms with Crippen molar-refractivity contribution >= 4 is 0 Å². The van der Waals surface area contributed by atoms with Crippen LogP contribution in [0.1, 0.15) is 33.8 Å². The van der Waals surface area contributed by atoms with Crippen molar-refractivity contribution in [3.8, 4) is 11.5 Å². The fourth-order valence-corrected chi connectivity index (χ4v) is 4.99. The summed E-state index contributed by atoms with van der Waals surface area (Å²) in [5.41, 5.74) is 2.46. The number of hydrogen-bond donors (Lipinski definition) is 1. The lowest BCUT2D eigenvalue weighted by molar-refractivity contribution is 0.0950. The van der Waals surface area contributed by atoms with Gasteiger partial charge in [0, 0.05) is 13.1 Å². The molecular weight excluding hydrogens is 474 g/mol. The number of hydrogen-bond acceptors (Lipinski definition) is 5. The average molecular weight is 504 g/mol. The van der Waals surface area contributed by atoms with E-state index >= 15 is 0 Å². The number of rotatable bonds is 9. The molecule has 5 nitrogen and oxygen atoms in total. The first kappa shape index (κ1) is 24.0. The second-order valence-electron chi connectivity index (χ2n) is 9.53. The molecule has 38 heavy (non-hydrogen) atoms. The van der Waals surface area contributed by atoms with E-state index in [1.807, 2.05) is 91.0 Å². The minimum Gasteiger partial charge on any atom is -0.461 e. The third-order valence-corrected chi connectivity index (χ3v) is 6.87. The lowest BCUT2D eigenvalue weighted by Gasteiger charge is -2.27. The van der Waals surface area contributed by atoms with Crippen molar-refractivity contribution in [2.24, 2.45) is 0 Å². The van der Waals surface area contributed by atoms with Gasteiger partial charge in [-0.2, -0.15) is 0 Å². The van der Waals surface area contributed by atoms with Crippen LogP contribution in [-0.2, 0) is 25.2 Å². The van der Waals surface area contributed by atoms with Crippen LogP contribution < -0.4 is 9.47 Å². The van der Waals surface area contributed by atoms with E-state index in [0.29, 0.717) is 18.8 Å². The highest BCUT2D eigenvalue weighted by molar-refractivity contribution is 5.45. The van der Waals surface area contributed by atoms with E-state index in [-0.39, 0.29) is 6.79 Å². The molecule has 5 heteroatoms. The Morgan fingerprint density at radius 3 is 1.89 bits per heavy atom. The Bertz CT molecular complexity index is 1440. The van der Waals surface area contributed by atoms with Gasteiger partial charge in [0.1, 0.15) is 11.5 Å². The first-order chi connectivity index (χ1) is 18.7. The molecule has 5 aromatic rings. The average Bonchev–Trinajstić information content (AvgIpc) is 3.64. The molecule has 1 aromatic heterocycles. The molecular formula is C33H29NO4. The maximum absolute atomic E-state index is 12.1. The van der Waals surface area contributed by atoms with Gasteiger partial charge in [0.15, 0.2) is 17.1 Å². The normalized spacial score (nSPS) is 12.7. The largest absolute Gasteiger partial charge is 0.461 e. The Morgan fingerprint density at radius 1 is 0.605 bits per heavy atom. The van der Waals surface area contributed by atoms with E-state index in [1.54, 1.807) is 0 Å². The van der Waals surface area contributed by atoms with Crippen molar-refractivity contribution in [1.82, 2.24) is 4.90 Å². The second kappa shape index (κ2) is 10.6. The lowest BCUT2D eigenvalue weighted by Crippen LogP contribution is -2.28. The molecule has 0 unspecified atom stereocenters. The molecule has 0 bridgehead atoms. The first-order valence-electron chi connectivity index (χ1n) is 12.8. The summed E-state index contributed by atoms with van der Waals surface area (Å²) < 4.78 is 17.5. The van der Waals surface area contributed by atoms with Gasteiger partial charge in [0.25, 0.3) is 0 Å². The fourth-order valence-electron chi connectivity index (χ4n) is 4.99. The summed E-state index contributed by atoms with van der Waals surface area (Å²) in [6.45, 7) is 2.27. The zero-order chi connectivity index (χ0) is 25.8. The Labute approximate surface area is 222 Å². The summed E-state index contributed by atoms with van der Waals surface area (Å²) in [6, 6.07) is 39.6. The van der Waals surface area contributed by atoms with E-state index in [0.717, 1.165) is 40.5 Å². The van der Waals surface area contributed by atoms with Gasteiger partial charge in [0.2, 0.25) is 6.79 Å². The molecule has 2 heterocycles. The number of ether oxygens (including phenoxy) is 2. The molecule has 0 spiro atoms. The van der Waals surface area contributed by atoms with Gasteiger partial charge in [-0.1, -0.05) is 97.1 Å². The van der Waals surface area contributed by atoms with Gasteiger partial charge < -0.3 is 19.0 Å². The quantitative estimate of drug-likeness (QED) is 0.249. The van der Waals surface area contributed by atoms with Crippen molar-refractivity contribution in [3.63, 3.8) is 0 Å². The fraction of sp³-hybridized carbons (Fsp3) is 0.152. The summed E-state index contributed by atoms with van der Waals surface area (Å²) in [4.78, 5) is 2.32. The first-order valence-corrected chi connectivity index (χ1v) is 12.8. The highest BCUT2D eigenvalue weighted by atomic mass is 16.7. The predicted octanol–water partition coefficient (Wildman–Crippen LogP) is 6.49. The smallest absolute Gasteiger partial charge is 0.231 e. The Morgan fingerprint density at radius 2 is 1.21 bits per heavy atom. The minimum atomic E-state index is -1.40. The van der Waals surface area contributed by atoms with Gasteiger partial charge in [-0.3, -0.25) is 4.90 Å². The van der Waals surface area contributed by atoms with E-state index in [4.69, 9.17) is 13.9 Å². The van der Waals surface area contributed by atoms with E-state index in [2.05, 4.69) is 35.2 Å². The summed E-state index contributed by atoms with van der Waals surface area (Å²) in [7, 11) is 0. The van der Waals surface area contributed by atoms with Crippen molar-refractivity contribution in [2.75, 3.05) is 6.79 Å². The Balaban J connectivity index is 1.30. The van der Waals surface area contributed by atoms with Gasteiger partial charge in [-0.05, 0) is 46.5 Å². The summed E-state index contributed by atoms with van der Waals surface area (Å²) in [5.74, 6) is 2.83. The van der Waals surface area contributed by atoms with E-state index in [9.17, 15) is 5.11 Å². The molecule has 0 atom stereocenters. The van der Waals surface area contributed by atoms with Gasteiger partial charge in [-0.15, -0.1) is 0 Å². The molecule has 4 aromatic carbocycles. The maximum atomic E-state index is 12.1. The van der Waals surface area contributed by atoms with Crippen LogP contribution in [0, 0.1) is 0 Å². The predicted molar refractivity (Wildman–Crippen MR) is 146 cm³/mol. The van der Waals surface area contributed by atoms with Crippen LogP contribution in [0.4, 0.5) is 0 Å². The van der Waals surface area contributed by atoms with Crippen molar-refractivity contribution < 1.29 is 19.0 Å². The molecule has 0 saturated carbocycles. The molecule has 1 aliphatic heterocycles. The van der Waals surface area contributed by atoms with Crippen LogP contribution in [-0.4, -0.2) is 16.8 Å². The van der Waals surface area contributed by atoms with E-state index < -0.39 is 5.60 Å². The van der Waals surface area contributed by atoms with Crippen molar-refractivity contribution in [2.45, 2.75) is 25.2 Å². The van der Waals surface area contributed by atoms with Crippen LogP contribution in [0.25, 0.3) is 0 Å². The number of furan rings is 1. The Hall–Kier alpha value is -4.32. The van der Waals surface area contributed by atoms with Crippen LogP contribution in [0.5, 0.6) is 11.5 Å². The standard InChI is InChI=1S/C33H29NO4/c35-33(27-12-6-2-7-13-27,28-14-8-3-9-15-28)32-19-17-29(38-32)23-34(21-25-10-4-1-5-11-25)22-26-16-18-30-31(20-26)37-24-36-30/h1-20,35H,21-24H2. The summed E-state index contributed by atoms with van der Waals surface area (Å²) >= 11 is 0. The molecule has 1 N–H and O–H groups in total. The second-order valence-corrected chi connectivity index (χ2v) is 9.53. The van der Waals surface area contributed by atoms with Crippen LogP contribution in [0.15, 0.2) is 126 Å². The topological polar surface area (TPSA) is 55.1 Å².